The molecule has 2 nitrogen and oxygen atoms in total. The SMILES string of the molecule is Cc1ccc(C(=O)c2ccc(C)cc2O)cc1. The predicted octanol–water partition coefficient (Wildman–Crippen LogP) is 3.24. The lowest BCUT2D eigenvalue weighted by atomic mass is 10.0. The second kappa shape index (κ2) is 4.42. The number of hydrogen-bond donors (Lipinski definition) is 1. The van der Waals surface area contributed by atoms with Gasteiger partial charge in [-0.1, -0.05) is 35.9 Å². The number of carbonyl (C=O) groups excluding carboxylic acids is 1. The van der Waals surface area contributed by atoms with Gasteiger partial charge in [-0.2, -0.15) is 0 Å². The van der Waals surface area contributed by atoms with Gasteiger partial charge in [0.25, 0.3) is 0 Å². The second-order valence-electron chi connectivity index (χ2n) is 4.22. The summed E-state index contributed by atoms with van der Waals surface area (Å²) in [7, 11) is 0. The molecule has 0 amide bonds. The lowest BCUT2D eigenvalue weighted by Crippen LogP contribution is -2.01. The molecule has 0 unspecified atom stereocenters. The van der Waals surface area contributed by atoms with Crippen molar-refractivity contribution in [2.75, 3.05) is 0 Å². The van der Waals surface area contributed by atoms with Gasteiger partial charge < -0.3 is 5.11 Å². The molecule has 0 fully saturated rings. The third-order valence-corrected chi connectivity index (χ3v) is 2.71. The van der Waals surface area contributed by atoms with E-state index < -0.39 is 0 Å². The molecule has 1 N–H and O–H groups in total. The molecule has 0 radical (unpaired) electrons. The van der Waals surface area contributed by atoms with E-state index in [1.54, 1.807) is 24.3 Å². The van der Waals surface area contributed by atoms with E-state index in [0.29, 0.717) is 11.1 Å². The maximum absolute atomic E-state index is 12.1. The Labute approximate surface area is 101 Å². The monoisotopic (exact) mass is 226 g/mol. The van der Waals surface area contributed by atoms with Gasteiger partial charge >= 0.3 is 0 Å². The quantitative estimate of drug-likeness (QED) is 0.798. The molecule has 0 heterocycles. The summed E-state index contributed by atoms with van der Waals surface area (Å²) in [5, 5.41) is 9.76. The minimum Gasteiger partial charge on any atom is -0.507 e. The topological polar surface area (TPSA) is 37.3 Å². The fraction of sp³-hybridized carbons (Fsp3) is 0.133. The van der Waals surface area contributed by atoms with Crippen LogP contribution in [0.2, 0.25) is 0 Å². The van der Waals surface area contributed by atoms with Crippen LogP contribution in [-0.4, -0.2) is 10.9 Å². The molecule has 0 aromatic heterocycles. The van der Waals surface area contributed by atoms with Gasteiger partial charge in [-0.25, -0.2) is 0 Å². The third kappa shape index (κ3) is 2.36. The van der Waals surface area contributed by atoms with Crippen LogP contribution in [0.4, 0.5) is 0 Å². The number of aryl methyl sites for hydroxylation is 2. The van der Waals surface area contributed by atoms with E-state index in [9.17, 15) is 9.90 Å². The van der Waals surface area contributed by atoms with Crippen molar-refractivity contribution >= 4 is 5.78 Å². The average Bonchev–Trinajstić information content (AvgIpc) is 2.29. The molecular weight excluding hydrogens is 212 g/mol. The summed E-state index contributed by atoms with van der Waals surface area (Å²) in [5.41, 5.74) is 2.98. The first-order valence-corrected chi connectivity index (χ1v) is 5.49. The van der Waals surface area contributed by atoms with Crippen LogP contribution in [0.15, 0.2) is 42.5 Å². The van der Waals surface area contributed by atoms with Crippen molar-refractivity contribution in [2.45, 2.75) is 13.8 Å². The predicted molar refractivity (Wildman–Crippen MR) is 67.5 cm³/mol. The van der Waals surface area contributed by atoms with Crippen molar-refractivity contribution in [1.82, 2.24) is 0 Å². The Morgan fingerprint density at radius 2 is 1.53 bits per heavy atom. The van der Waals surface area contributed by atoms with E-state index >= 15 is 0 Å². The highest BCUT2D eigenvalue weighted by Gasteiger charge is 2.12. The summed E-state index contributed by atoms with van der Waals surface area (Å²) < 4.78 is 0. The Kier molecular flexibility index (Phi) is 2.96. The summed E-state index contributed by atoms with van der Waals surface area (Å²) in [6, 6.07) is 12.4. The Bertz CT molecular complexity index is 554. The van der Waals surface area contributed by atoms with Gasteiger partial charge in [-0.15, -0.1) is 0 Å². The number of aromatic hydroxyl groups is 1. The Hall–Kier alpha value is -2.09. The van der Waals surface area contributed by atoms with Gasteiger partial charge in [0.2, 0.25) is 0 Å². The van der Waals surface area contributed by atoms with Crippen molar-refractivity contribution in [3.63, 3.8) is 0 Å². The van der Waals surface area contributed by atoms with Crippen LogP contribution < -0.4 is 0 Å². The number of rotatable bonds is 2. The lowest BCUT2D eigenvalue weighted by molar-refractivity contribution is 0.103. The van der Waals surface area contributed by atoms with Crippen LogP contribution in [-0.2, 0) is 0 Å². The summed E-state index contributed by atoms with van der Waals surface area (Å²) >= 11 is 0. The van der Waals surface area contributed by atoms with Gasteiger partial charge in [-0.3, -0.25) is 4.79 Å². The highest BCUT2D eigenvalue weighted by atomic mass is 16.3. The van der Waals surface area contributed by atoms with Gasteiger partial charge in [0.05, 0.1) is 5.56 Å². The van der Waals surface area contributed by atoms with E-state index in [0.717, 1.165) is 11.1 Å². The van der Waals surface area contributed by atoms with E-state index in [4.69, 9.17) is 0 Å². The molecule has 0 saturated heterocycles. The van der Waals surface area contributed by atoms with Crippen LogP contribution in [0.5, 0.6) is 5.75 Å². The normalized spacial score (nSPS) is 10.2. The van der Waals surface area contributed by atoms with E-state index in [1.807, 2.05) is 32.0 Å². The van der Waals surface area contributed by atoms with Crippen LogP contribution in [0.1, 0.15) is 27.0 Å². The lowest BCUT2D eigenvalue weighted by Gasteiger charge is -2.05. The van der Waals surface area contributed by atoms with E-state index in [1.165, 1.54) is 0 Å². The first kappa shape index (κ1) is 11.4. The Morgan fingerprint density at radius 1 is 0.941 bits per heavy atom. The third-order valence-electron chi connectivity index (χ3n) is 2.71. The zero-order valence-corrected chi connectivity index (χ0v) is 9.90. The Morgan fingerprint density at radius 3 is 2.12 bits per heavy atom. The number of phenolic OH excluding ortho intramolecular Hbond substituents is 1. The van der Waals surface area contributed by atoms with Gasteiger partial charge in [-0.05, 0) is 31.5 Å². The molecule has 0 aliphatic carbocycles. The van der Waals surface area contributed by atoms with E-state index in [-0.39, 0.29) is 11.5 Å². The molecule has 2 heteroatoms. The number of carbonyl (C=O) groups is 1. The molecule has 0 bridgehead atoms. The van der Waals surface area contributed by atoms with Crippen molar-refractivity contribution in [3.8, 4) is 5.75 Å². The second-order valence-corrected chi connectivity index (χ2v) is 4.22. The fourth-order valence-corrected chi connectivity index (χ4v) is 1.69. The first-order chi connectivity index (χ1) is 8.08. The number of hydrogen-bond acceptors (Lipinski definition) is 2. The van der Waals surface area contributed by atoms with Gasteiger partial charge in [0, 0.05) is 5.56 Å². The van der Waals surface area contributed by atoms with Crippen molar-refractivity contribution in [1.29, 1.82) is 0 Å². The maximum atomic E-state index is 12.1. The molecule has 0 spiro atoms. The molecule has 0 aliphatic heterocycles. The molecule has 2 aromatic carbocycles. The minimum atomic E-state index is -0.150. The summed E-state index contributed by atoms with van der Waals surface area (Å²) in [4.78, 5) is 12.1. The molecule has 17 heavy (non-hydrogen) atoms. The first-order valence-electron chi connectivity index (χ1n) is 5.49. The van der Waals surface area contributed by atoms with Gasteiger partial charge in [0.1, 0.15) is 5.75 Å². The largest absolute Gasteiger partial charge is 0.507 e. The average molecular weight is 226 g/mol. The van der Waals surface area contributed by atoms with E-state index in [2.05, 4.69) is 0 Å². The molecule has 2 aromatic rings. The zero-order chi connectivity index (χ0) is 12.4. The molecule has 0 aliphatic rings. The number of phenols is 1. The molecule has 0 atom stereocenters. The Balaban J connectivity index is 2.40. The van der Waals surface area contributed by atoms with Crippen molar-refractivity contribution < 1.29 is 9.90 Å². The van der Waals surface area contributed by atoms with Crippen molar-refractivity contribution in [2.24, 2.45) is 0 Å². The molecular formula is C15H14O2. The minimum absolute atomic E-state index is 0.0376. The highest BCUT2D eigenvalue weighted by molar-refractivity contribution is 6.10. The standard InChI is InChI=1S/C15H14O2/c1-10-3-6-12(7-4-10)15(17)13-8-5-11(2)9-14(13)16/h3-9,16H,1-2H3. The van der Waals surface area contributed by atoms with Gasteiger partial charge in [0.15, 0.2) is 5.78 Å². The maximum Gasteiger partial charge on any atom is 0.196 e. The molecule has 0 saturated carbocycles. The van der Waals surface area contributed by atoms with Crippen molar-refractivity contribution in [3.05, 3.63) is 64.7 Å². The number of benzene rings is 2. The summed E-state index contributed by atoms with van der Waals surface area (Å²) in [6.45, 7) is 3.84. The summed E-state index contributed by atoms with van der Waals surface area (Å²) in [5.74, 6) is -0.113. The number of ketones is 1. The van der Waals surface area contributed by atoms with Crippen LogP contribution >= 0.6 is 0 Å². The highest BCUT2D eigenvalue weighted by Crippen LogP contribution is 2.21. The summed E-state index contributed by atoms with van der Waals surface area (Å²) in [6.07, 6.45) is 0. The fourth-order valence-electron chi connectivity index (χ4n) is 1.69. The van der Waals surface area contributed by atoms with Crippen LogP contribution in [0.25, 0.3) is 0 Å². The molecule has 2 rings (SSSR count). The van der Waals surface area contributed by atoms with Crippen LogP contribution in [0.3, 0.4) is 0 Å². The smallest absolute Gasteiger partial charge is 0.196 e. The van der Waals surface area contributed by atoms with Crippen LogP contribution in [0, 0.1) is 13.8 Å². The molecule has 86 valence electrons. The zero-order valence-electron chi connectivity index (χ0n) is 9.90.